The van der Waals surface area contributed by atoms with Crippen LogP contribution in [0.2, 0.25) is 0 Å². The van der Waals surface area contributed by atoms with E-state index in [9.17, 15) is 28.9 Å². The predicted octanol–water partition coefficient (Wildman–Crippen LogP) is 17.9. The van der Waals surface area contributed by atoms with E-state index in [-0.39, 0.29) is 25.9 Å². The van der Waals surface area contributed by atoms with Gasteiger partial charge in [-0.15, -0.1) is 0 Å². The smallest absolute Gasteiger partial charge is 0.462 e. The Morgan fingerprint density at radius 3 is 1.12 bits per heavy atom. The summed E-state index contributed by atoms with van der Waals surface area (Å²) in [5, 5.41) is 9.81. The van der Waals surface area contributed by atoms with Crippen molar-refractivity contribution in [1.82, 2.24) is 0 Å². The molecule has 2 N–H and O–H groups in total. The van der Waals surface area contributed by atoms with Crippen LogP contribution >= 0.6 is 7.82 Å². The third kappa shape index (κ3) is 54.0. The van der Waals surface area contributed by atoms with Crippen LogP contribution in [0.1, 0.15) is 278 Å². The van der Waals surface area contributed by atoms with Crippen molar-refractivity contribution in [1.29, 1.82) is 0 Å². The molecular formula is C62H111O11P. The Bertz CT molecular complexity index is 1470. The molecular weight excluding hydrogens is 952 g/mol. The fourth-order valence-electron chi connectivity index (χ4n) is 8.34. The maximum atomic E-state index is 12.9. The van der Waals surface area contributed by atoms with E-state index in [1.807, 2.05) is 0 Å². The molecule has 0 heterocycles. The summed E-state index contributed by atoms with van der Waals surface area (Å²) < 4.78 is 39.5. The first-order chi connectivity index (χ1) is 36.2. The zero-order valence-corrected chi connectivity index (χ0v) is 48.5. The number of ether oxygens (including phenoxy) is 3. The highest BCUT2D eigenvalue weighted by Crippen LogP contribution is 2.43. The van der Waals surface area contributed by atoms with Gasteiger partial charge in [0.05, 0.1) is 19.8 Å². The first-order valence-corrected chi connectivity index (χ1v) is 31.7. The van der Waals surface area contributed by atoms with Gasteiger partial charge in [-0.25, -0.2) is 4.57 Å². The Morgan fingerprint density at radius 1 is 0.392 bits per heavy atom. The van der Waals surface area contributed by atoms with Gasteiger partial charge in [-0.2, -0.15) is 0 Å². The lowest BCUT2D eigenvalue weighted by molar-refractivity contribution is -0.161. The van der Waals surface area contributed by atoms with Gasteiger partial charge in [-0.05, 0) is 83.5 Å². The molecule has 0 saturated heterocycles. The molecule has 0 aromatic rings. The molecule has 0 bridgehead atoms. The van der Waals surface area contributed by atoms with Crippen LogP contribution in [0.15, 0.2) is 60.8 Å². The van der Waals surface area contributed by atoms with Crippen molar-refractivity contribution in [2.24, 2.45) is 0 Å². The first kappa shape index (κ1) is 71.2. The van der Waals surface area contributed by atoms with Crippen LogP contribution in [0.3, 0.4) is 0 Å². The van der Waals surface area contributed by atoms with E-state index in [4.69, 9.17) is 23.3 Å². The normalized spacial score (nSPS) is 13.7. The molecule has 74 heavy (non-hydrogen) atoms. The molecule has 0 fully saturated rings. The second kappa shape index (κ2) is 56.4. The van der Waals surface area contributed by atoms with Crippen molar-refractivity contribution in [2.75, 3.05) is 26.4 Å². The Balaban J connectivity index is 4.72. The number of hydrogen-bond donors (Lipinski definition) is 2. The summed E-state index contributed by atoms with van der Waals surface area (Å²) in [5.74, 6) is -1.50. The number of esters is 3. The molecule has 11 nitrogen and oxygen atoms in total. The van der Waals surface area contributed by atoms with Gasteiger partial charge in [0.2, 0.25) is 0 Å². The highest BCUT2D eigenvalue weighted by molar-refractivity contribution is 7.47. The van der Waals surface area contributed by atoms with E-state index in [0.29, 0.717) is 19.3 Å². The molecule has 0 rings (SSSR count). The number of phosphoric acid groups is 1. The second-order valence-corrected chi connectivity index (χ2v) is 21.6. The van der Waals surface area contributed by atoms with Gasteiger partial charge >= 0.3 is 25.7 Å². The Hall–Kier alpha value is -2.82. The fourth-order valence-corrected chi connectivity index (χ4v) is 9.13. The summed E-state index contributed by atoms with van der Waals surface area (Å²) in [7, 11) is -4.76. The highest BCUT2D eigenvalue weighted by Gasteiger charge is 2.28. The molecule has 430 valence electrons. The maximum Gasteiger partial charge on any atom is 0.472 e. The second-order valence-electron chi connectivity index (χ2n) is 20.1. The first-order valence-electron chi connectivity index (χ1n) is 30.2. The average Bonchev–Trinajstić information content (AvgIpc) is 3.39. The quantitative estimate of drug-likeness (QED) is 0.0197. The van der Waals surface area contributed by atoms with Gasteiger partial charge in [-0.1, -0.05) is 236 Å². The molecule has 0 spiro atoms. The molecule has 0 aliphatic carbocycles. The average molecular weight is 1060 g/mol. The molecule has 0 amide bonds. The number of carbonyl (C=O) groups excluding carboxylic acids is 3. The van der Waals surface area contributed by atoms with Crippen molar-refractivity contribution in [3.63, 3.8) is 0 Å². The van der Waals surface area contributed by atoms with Gasteiger partial charge in [-0.3, -0.25) is 23.4 Å². The van der Waals surface area contributed by atoms with Crippen LogP contribution < -0.4 is 0 Å². The van der Waals surface area contributed by atoms with E-state index < -0.39 is 57.8 Å². The van der Waals surface area contributed by atoms with Gasteiger partial charge < -0.3 is 24.2 Å². The Morgan fingerprint density at radius 2 is 0.703 bits per heavy atom. The molecule has 0 aliphatic rings. The lowest BCUT2D eigenvalue weighted by atomic mass is 10.0. The number of aliphatic hydroxyl groups is 1. The Labute approximate surface area is 453 Å². The number of allylic oxidation sites excluding steroid dienone is 10. The molecule has 0 aromatic carbocycles. The molecule has 3 atom stereocenters. The maximum absolute atomic E-state index is 12.9. The predicted molar refractivity (Wildman–Crippen MR) is 307 cm³/mol. The van der Waals surface area contributed by atoms with Gasteiger partial charge in [0.15, 0.2) is 6.10 Å². The van der Waals surface area contributed by atoms with Crippen molar-refractivity contribution < 1.29 is 52.2 Å². The van der Waals surface area contributed by atoms with E-state index in [1.54, 1.807) is 0 Å². The lowest BCUT2D eigenvalue weighted by Crippen LogP contribution is -2.30. The van der Waals surface area contributed by atoms with Crippen molar-refractivity contribution >= 4 is 25.7 Å². The third-order valence-electron chi connectivity index (χ3n) is 12.9. The van der Waals surface area contributed by atoms with Crippen LogP contribution in [-0.4, -0.2) is 66.5 Å². The minimum atomic E-state index is -4.76. The highest BCUT2D eigenvalue weighted by atomic mass is 31.2. The molecule has 0 saturated carbocycles. The summed E-state index contributed by atoms with van der Waals surface area (Å²) in [5.41, 5.74) is 0. The molecule has 0 aliphatic heterocycles. The molecule has 0 radical (unpaired) electrons. The topological polar surface area (TPSA) is 155 Å². The number of hydrogen-bond acceptors (Lipinski definition) is 10. The summed E-state index contributed by atoms with van der Waals surface area (Å²) in [4.78, 5) is 48.6. The van der Waals surface area contributed by atoms with E-state index >= 15 is 0 Å². The number of rotatable bonds is 56. The zero-order chi connectivity index (χ0) is 54.1. The summed E-state index contributed by atoms with van der Waals surface area (Å²) in [6, 6.07) is 0. The number of phosphoric ester groups is 1. The van der Waals surface area contributed by atoms with E-state index in [0.717, 1.165) is 103 Å². The number of aliphatic hydroxyl groups excluding tert-OH is 1. The van der Waals surface area contributed by atoms with Crippen molar-refractivity contribution in [3.8, 4) is 0 Å². The summed E-state index contributed by atoms with van der Waals surface area (Å²) in [6.07, 6.45) is 61.8. The standard InChI is InChI=1S/C62H111O11P/c1-4-7-10-13-16-19-22-25-27-28-29-30-32-35-38-41-44-47-50-53-62(66)73-59(55-69-60(64)51-48-45-42-39-36-34-31-26-23-20-17-14-11-8-5-2)57-71-74(67,68)70-56-58(54-63)72-61(65)52-49-46-43-40-37-33-24-21-18-15-12-9-6-3/h9,12,17-18,20-21,26,31,33,37,58-59,63H,4-8,10-11,13-16,19,22-25,27-30,32,34-36,38-57H2,1-3H3,(H,67,68)/b12-9-,20-17-,21-18-,31-26-,37-33-. The molecule has 0 aromatic heterocycles. The van der Waals surface area contributed by atoms with Gasteiger partial charge in [0.25, 0.3) is 0 Å². The van der Waals surface area contributed by atoms with E-state index in [1.165, 1.54) is 116 Å². The fraction of sp³-hybridized carbons (Fsp3) is 0.790. The monoisotopic (exact) mass is 1060 g/mol. The summed E-state index contributed by atoms with van der Waals surface area (Å²) in [6.45, 7) is 4.49. The number of unbranched alkanes of at least 4 members (excludes halogenated alkanes) is 29. The Kier molecular flexibility index (Phi) is 54.2. The van der Waals surface area contributed by atoms with Crippen LogP contribution in [0.25, 0.3) is 0 Å². The summed E-state index contributed by atoms with van der Waals surface area (Å²) >= 11 is 0. The molecule has 12 heteroatoms. The van der Waals surface area contributed by atoms with Crippen LogP contribution in [0, 0.1) is 0 Å². The lowest BCUT2D eigenvalue weighted by Gasteiger charge is -2.21. The molecule has 3 unspecified atom stereocenters. The zero-order valence-electron chi connectivity index (χ0n) is 47.6. The van der Waals surface area contributed by atoms with Crippen LogP contribution in [0.4, 0.5) is 0 Å². The number of carbonyl (C=O) groups is 3. The van der Waals surface area contributed by atoms with Crippen molar-refractivity contribution in [3.05, 3.63) is 60.8 Å². The minimum Gasteiger partial charge on any atom is -0.462 e. The van der Waals surface area contributed by atoms with Crippen LogP contribution in [-0.2, 0) is 42.2 Å². The SMILES string of the molecule is CC/C=C\C/C=C\C/C=C\CCCCCC(=O)OC(CO)COP(=O)(O)OCC(COC(=O)CCCCCCC/C=C\C/C=C\CCCCC)OC(=O)CCCCCCCCCCCCCCCCCCCCC. The minimum absolute atomic E-state index is 0.141. The third-order valence-corrected chi connectivity index (χ3v) is 13.9. The van der Waals surface area contributed by atoms with E-state index in [2.05, 4.69) is 81.5 Å². The van der Waals surface area contributed by atoms with Crippen molar-refractivity contribution in [2.45, 2.75) is 290 Å². The van der Waals surface area contributed by atoms with Gasteiger partial charge in [0, 0.05) is 19.3 Å². The van der Waals surface area contributed by atoms with Gasteiger partial charge in [0.1, 0.15) is 12.7 Å². The largest absolute Gasteiger partial charge is 0.472 e. The van der Waals surface area contributed by atoms with Crippen LogP contribution in [0.5, 0.6) is 0 Å².